The molecule has 1 saturated heterocycles. The van der Waals surface area contributed by atoms with Crippen molar-refractivity contribution in [2.24, 2.45) is 0 Å². The van der Waals surface area contributed by atoms with Crippen LogP contribution in [0.2, 0.25) is 0 Å². The molecule has 3 aromatic rings. The zero-order valence-corrected chi connectivity index (χ0v) is 19.9. The molecule has 0 saturated carbocycles. The summed E-state index contributed by atoms with van der Waals surface area (Å²) < 4.78 is 31.4. The summed E-state index contributed by atoms with van der Waals surface area (Å²) in [4.78, 5) is 21.2. The van der Waals surface area contributed by atoms with Gasteiger partial charge in [-0.15, -0.1) is 11.8 Å². The van der Waals surface area contributed by atoms with Gasteiger partial charge in [0.05, 0.1) is 33.5 Å². The monoisotopic (exact) mass is 476 g/mol. The third-order valence-electron chi connectivity index (χ3n) is 5.30. The van der Waals surface area contributed by atoms with E-state index in [1.165, 1.54) is 23.5 Å². The third kappa shape index (κ3) is 4.64. The average Bonchev–Trinajstić information content (AvgIpc) is 3.46. The number of amides is 1. The molecule has 0 bridgehead atoms. The number of thiazole rings is 1. The van der Waals surface area contributed by atoms with Crippen LogP contribution < -0.4 is 4.90 Å². The first kappa shape index (κ1) is 22.3. The summed E-state index contributed by atoms with van der Waals surface area (Å²) in [5.41, 5.74) is 1.21. The number of hydrogen-bond acceptors (Lipinski definition) is 7. The number of nitrogens with zero attached hydrogens (tertiary/aromatic N) is 2. The van der Waals surface area contributed by atoms with Crippen molar-refractivity contribution in [2.45, 2.75) is 35.7 Å². The number of hydrogen-bond donors (Lipinski definition) is 0. The number of rotatable bonds is 7. The van der Waals surface area contributed by atoms with Crippen LogP contribution in [0.3, 0.4) is 0 Å². The molecular formula is C22H24N2O4S3. The van der Waals surface area contributed by atoms with Gasteiger partial charge in [0.25, 0.3) is 5.91 Å². The average molecular weight is 477 g/mol. The van der Waals surface area contributed by atoms with Crippen molar-refractivity contribution in [3.8, 4) is 0 Å². The number of thioether (sulfide) groups is 1. The molecule has 1 fully saturated rings. The molecule has 1 aromatic heterocycles. The summed E-state index contributed by atoms with van der Waals surface area (Å²) >= 11 is 3.08. The van der Waals surface area contributed by atoms with Crippen molar-refractivity contribution in [1.82, 2.24) is 4.98 Å². The fourth-order valence-corrected chi connectivity index (χ4v) is 6.13. The Morgan fingerprint density at radius 2 is 2.10 bits per heavy atom. The number of carbonyl (C=O) groups excluding carboxylic acids is 1. The first-order valence-corrected chi connectivity index (χ1v) is 13.8. The maximum Gasteiger partial charge on any atom is 0.260 e. The van der Waals surface area contributed by atoms with Crippen LogP contribution >= 0.6 is 23.1 Å². The second kappa shape index (κ2) is 9.28. The van der Waals surface area contributed by atoms with Crippen molar-refractivity contribution in [3.63, 3.8) is 0 Å². The number of ether oxygens (including phenoxy) is 1. The van der Waals surface area contributed by atoms with Crippen LogP contribution in [0.4, 0.5) is 5.13 Å². The highest BCUT2D eigenvalue weighted by atomic mass is 32.2. The molecule has 4 rings (SSSR count). The van der Waals surface area contributed by atoms with Gasteiger partial charge < -0.3 is 4.74 Å². The lowest BCUT2D eigenvalue weighted by molar-refractivity contribution is 0.0917. The van der Waals surface area contributed by atoms with Crippen LogP contribution in [0.25, 0.3) is 10.2 Å². The van der Waals surface area contributed by atoms with E-state index in [-0.39, 0.29) is 22.7 Å². The van der Waals surface area contributed by atoms with E-state index in [0.29, 0.717) is 23.8 Å². The number of para-hydroxylation sites is 1. The van der Waals surface area contributed by atoms with Gasteiger partial charge in [0.15, 0.2) is 15.0 Å². The standard InChI is InChI=1S/C22H24N2O4S3/c1-3-31(26,27)17-9-4-7-15(13-17)21(25)24(14-16-8-6-12-28-16)22-23-20-18(29-2)10-5-11-19(20)30-22/h4-5,7,9-11,13,16H,3,6,8,12,14H2,1-2H3. The van der Waals surface area contributed by atoms with Gasteiger partial charge in [0.2, 0.25) is 0 Å². The minimum absolute atomic E-state index is 0.0143. The second-order valence-corrected chi connectivity index (χ2v) is 11.4. The molecule has 0 N–H and O–H groups in total. The smallest absolute Gasteiger partial charge is 0.260 e. The Morgan fingerprint density at radius 3 is 2.81 bits per heavy atom. The summed E-state index contributed by atoms with van der Waals surface area (Å²) in [5.74, 6) is -0.284. The normalized spacial score (nSPS) is 16.6. The van der Waals surface area contributed by atoms with E-state index in [0.717, 1.165) is 28.0 Å². The Morgan fingerprint density at radius 1 is 1.29 bits per heavy atom. The topological polar surface area (TPSA) is 76.6 Å². The van der Waals surface area contributed by atoms with Crippen molar-refractivity contribution in [1.29, 1.82) is 0 Å². The van der Waals surface area contributed by atoms with Gasteiger partial charge in [-0.25, -0.2) is 13.4 Å². The van der Waals surface area contributed by atoms with Crippen LogP contribution in [0.1, 0.15) is 30.1 Å². The maximum atomic E-state index is 13.6. The number of fused-ring (bicyclic) bond motifs is 1. The van der Waals surface area contributed by atoms with E-state index in [1.54, 1.807) is 35.7 Å². The molecule has 31 heavy (non-hydrogen) atoms. The molecular weight excluding hydrogens is 452 g/mol. The van der Waals surface area contributed by atoms with E-state index in [2.05, 4.69) is 0 Å². The van der Waals surface area contributed by atoms with Crippen molar-refractivity contribution in [2.75, 3.05) is 30.1 Å². The van der Waals surface area contributed by atoms with E-state index in [9.17, 15) is 13.2 Å². The highest BCUT2D eigenvalue weighted by molar-refractivity contribution is 7.98. The predicted octanol–water partition coefficient (Wildman–Crippen LogP) is 4.64. The highest BCUT2D eigenvalue weighted by Gasteiger charge is 2.28. The van der Waals surface area contributed by atoms with Crippen LogP contribution in [-0.4, -0.2) is 50.6 Å². The zero-order valence-electron chi connectivity index (χ0n) is 17.4. The van der Waals surface area contributed by atoms with Gasteiger partial charge in [-0.1, -0.05) is 30.4 Å². The number of carbonyl (C=O) groups is 1. The molecule has 0 aliphatic carbocycles. The summed E-state index contributed by atoms with van der Waals surface area (Å²) in [6, 6.07) is 12.3. The first-order chi connectivity index (χ1) is 14.9. The lowest BCUT2D eigenvalue weighted by Crippen LogP contribution is -2.37. The van der Waals surface area contributed by atoms with Gasteiger partial charge in [0, 0.05) is 17.1 Å². The number of sulfone groups is 1. The predicted molar refractivity (Wildman–Crippen MR) is 126 cm³/mol. The maximum absolute atomic E-state index is 13.6. The number of anilines is 1. The molecule has 0 spiro atoms. The molecule has 0 radical (unpaired) electrons. The SMILES string of the molecule is CCS(=O)(=O)c1cccc(C(=O)N(CC2CCCO2)c2nc3c(SC)cccc3s2)c1. The molecule has 1 amide bonds. The Hall–Kier alpha value is -1.94. The summed E-state index contributed by atoms with van der Waals surface area (Å²) in [6.07, 6.45) is 3.80. The molecule has 6 nitrogen and oxygen atoms in total. The molecule has 2 heterocycles. The fourth-order valence-electron chi connectivity index (χ4n) is 3.58. The summed E-state index contributed by atoms with van der Waals surface area (Å²) in [7, 11) is -3.41. The molecule has 1 atom stereocenters. The molecule has 164 valence electrons. The lowest BCUT2D eigenvalue weighted by Gasteiger charge is -2.23. The van der Waals surface area contributed by atoms with Crippen molar-refractivity contribution < 1.29 is 17.9 Å². The highest BCUT2D eigenvalue weighted by Crippen LogP contribution is 2.35. The van der Waals surface area contributed by atoms with Gasteiger partial charge in [0.1, 0.15) is 0 Å². The van der Waals surface area contributed by atoms with E-state index >= 15 is 0 Å². The van der Waals surface area contributed by atoms with Crippen molar-refractivity contribution in [3.05, 3.63) is 48.0 Å². The van der Waals surface area contributed by atoms with Crippen LogP contribution in [0.15, 0.2) is 52.3 Å². The molecule has 1 unspecified atom stereocenters. The van der Waals surface area contributed by atoms with Crippen LogP contribution in [0.5, 0.6) is 0 Å². The van der Waals surface area contributed by atoms with Gasteiger partial charge in [-0.05, 0) is 49.4 Å². The third-order valence-corrected chi connectivity index (χ3v) is 8.84. The largest absolute Gasteiger partial charge is 0.376 e. The van der Waals surface area contributed by atoms with E-state index < -0.39 is 9.84 Å². The number of benzene rings is 2. The Balaban J connectivity index is 1.75. The van der Waals surface area contributed by atoms with Crippen LogP contribution in [-0.2, 0) is 14.6 Å². The second-order valence-electron chi connectivity index (χ2n) is 7.29. The minimum atomic E-state index is -3.41. The Kier molecular flexibility index (Phi) is 6.66. The molecule has 9 heteroatoms. The molecule has 1 aliphatic rings. The lowest BCUT2D eigenvalue weighted by atomic mass is 10.2. The van der Waals surface area contributed by atoms with Gasteiger partial charge in [-0.2, -0.15) is 0 Å². The first-order valence-electron chi connectivity index (χ1n) is 10.1. The van der Waals surface area contributed by atoms with E-state index in [1.807, 2.05) is 24.5 Å². The minimum Gasteiger partial charge on any atom is -0.376 e. The Bertz CT molecular complexity index is 1200. The zero-order chi connectivity index (χ0) is 22.0. The summed E-state index contributed by atoms with van der Waals surface area (Å²) in [5, 5.41) is 0.598. The van der Waals surface area contributed by atoms with Gasteiger partial charge >= 0.3 is 0 Å². The van der Waals surface area contributed by atoms with Gasteiger partial charge in [-0.3, -0.25) is 9.69 Å². The summed E-state index contributed by atoms with van der Waals surface area (Å²) in [6.45, 7) is 2.67. The quantitative estimate of drug-likeness (QED) is 0.463. The Labute approximate surface area is 190 Å². The molecule has 2 aromatic carbocycles. The number of aromatic nitrogens is 1. The fraction of sp³-hybridized carbons (Fsp3) is 0.364. The van der Waals surface area contributed by atoms with Crippen LogP contribution in [0, 0.1) is 0 Å². The molecule has 1 aliphatic heterocycles. The van der Waals surface area contributed by atoms with Crippen molar-refractivity contribution >= 4 is 54.2 Å². The van der Waals surface area contributed by atoms with E-state index in [4.69, 9.17) is 9.72 Å².